The van der Waals surface area contributed by atoms with Crippen LogP contribution in [0.15, 0.2) is 53.6 Å². The molecule has 0 aliphatic carbocycles. The summed E-state index contributed by atoms with van der Waals surface area (Å²) in [5.41, 5.74) is 11.7. The van der Waals surface area contributed by atoms with Crippen molar-refractivity contribution in [2.45, 2.75) is 33.1 Å². The van der Waals surface area contributed by atoms with E-state index < -0.39 is 0 Å². The molecule has 5 heteroatoms. The average molecular weight is 339 g/mol. The van der Waals surface area contributed by atoms with E-state index in [-0.39, 0.29) is 12.5 Å². The topological polar surface area (TPSA) is 76.7 Å². The number of carbonyl (C=O) groups excluding carboxylic acids is 1. The number of carbonyl (C=O) groups is 1. The van der Waals surface area contributed by atoms with E-state index in [0.717, 1.165) is 12.0 Å². The molecule has 2 rings (SSSR count). The van der Waals surface area contributed by atoms with Gasteiger partial charge in [0.2, 0.25) is 0 Å². The molecule has 3 N–H and O–H groups in total. The Bertz CT molecular complexity index is 739. The highest BCUT2D eigenvalue weighted by molar-refractivity contribution is 5.99. The number of hydrogen-bond donors (Lipinski definition) is 2. The maximum Gasteiger partial charge on any atom is 0.277 e. The van der Waals surface area contributed by atoms with Gasteiger partial charge < -0.3 is 10.5 Å². The predicted octanol–water partition coefficient (Wildman–Crippen LogP) is 3.70. The number of nitrogens with zero attached hydrogens (tertiary/aromatic N) is 1. The molecule has 0 aromatic heterocycles. The lowest BCUT2D eigenvalue weighted by Gasteiger charge is -2.10. The Kier molecular flexibility index (Phi) is 6.57. The lowest BCUT2D eigenvalue weighted by molar-refractivity contribution is -0.123. The molecule has 0 aliphatic rings. The molecule has 2 aromatic rings. The first-order valence-electron chi connectivity index (χ1n) is 8.41. The molecule has 0 spiro atoms. The molecule has 2 aromatic carbocycles. The Morgan fingerprint density at radius 2 is 1.96 bits per heavy atom. The third-order valence-corrected chi connectivity index (χ3v) is 4.08. The van der Waals surface area contributed by atoms with Crippen LogP contribution in [0.2, 0.25) is 0 Å². The first-order chi connectivity index (χ1) is 12.0. The standard InChI is InChI=1S/C20H25N3O2/c1-4-14(2)16-8-10-19(11-9-16)25-13-20(24)23-22-15(3)17-6-5-7-18(21)12-17/h5-12,14H,4,13,21H2,1-3H3,(H,23,24). The fraction of sp³-hybridized carbons (Fsp3) is 0.300. The summed E-state index contributed by atoms with van der Waals surface area (Å²) in [6.45, 7) is 6.07. The van der Waals surface area contributed by atoms with E-state index in [1.54, 1.807) is 12.1 Å². The van der Waals surface area contributed by atoms with Crippen LogP contribution in [0, 0.1) is 0 Å². The molecule has 1 atom stereocenters. The summed E-state index contributed by atoms with van der Waals surface area (Å²) in [6.07, 6.45) is 1.09. The summed E-state index contributed by atoms with van der Waals surface area (Å²) in [6, 6.07) is 15.2. The number of hydrazone groups is 1. The van der Waals surface area contributed by atoms with E-state index in [2.05, 4.69) is 24.4 Å². The van der Waals surface area contributed by atoms with E-state index in [1.807, 2.05) is 43.3 Å². The summed E-state index contributed by atoms with van der Waals surface area (Å²) in [4.78, 5) is 11.9. The maximum atomic E-state index is 11.9. The van der Waals surface area contributed by atoms with Crippen molar-refractivity contribution in [2.75, 3.05) is 12.3 Å². The largest absolute Gasteiger partial charge is 0.484 e. The van der Waals surface area contributed by atoms with E-state index in [4.69, 9.17) is 10.5 Å². The molecule has 0 fully saturated rings. The van der Waals surface area contributed by atoms with E-state index in [1.165, 1.54) is 5.56 Å². The Morgan fingerprint density at radius 3 is 2.60 bits per heavy atom. The van der Waals surface area contributed by atoms with Gasteiger partial charge in [0.1, 0.15) is 5.75 Å². The maximum absolute atomic E-state index is 11.9. The van der Waals surface area contributed by atoms with Crippen LogP contribution in [0.5, 0.6) is 5.75 Å². The zero-order valence-corrected chi connectivity index (χ0v) is 15.0. The minimum Gasteiger partial charge on any atom is -0.484 e. The van der Waals surface area contributed by atoms with Crippen LogP contribution < -0.4 is 15.9 Å². The lowest BCUT2D eigenvalue weighted by Crippen LogP contribution is -2.25. The van der Waals surface area contributed by atoms with Crippen LogP contribution in [-0.2, 0) is 4.79 Å². The van der Waals surface area contributed by atoms with Gasteiger partial charge >= 0.3 is 0 Å². The molecular formula is C20H25N3O2. The molecule has 5 nitrogen and oxygen atoms in total. The number of nitrogens with one attached hydrogen (secondary N) is 1. The fourth-order valence-corrected chi connectivity index (χ4v) is 2.28. The normalized spacial score (nSPS) is 12.5. The fourth-order valence-electron chi connectivity index (χ4n) is 2.28. The number of nitrogen functional groups attached to an aromatic ring is 1. The van der Waals surface area contributed by atoms with Gasteiger partial charge in [-0.25, -0.2) is 5.43 Å². The molecule has 0 saturated carbocycles. The van der Waals surface area contributed by atoms with Crippen molar-refractivity contribution in [3.63, 3.8) is 0 Å². The highest BCUT2D eigenvalue weighted by Crippen LogP contribution is 2.21. The van der Waals surface area contributed by atoms with Gasteiger partial charge in [-0.15, -0.1) is 0 Å². The molecule has 1 amide bonds. The lowest BCUT2D eigenvalue weighted by atomic mass is 9.99. The minimum absolute atomic E-state index is 0.0869. The van der Waals surface area contributed by atoms with Gasteiger partial charge in [0.25, 0.3) is 5.91 Å². The first-order valence-corrected chi connectivity index (χ1v) is 8.41. The second-order valence-electron chi connectivity index (χ2n) is 6.02. The van der Waals surface area contributed by atoms with Crippen molar-refractivity contribution in [3.8, 4) is 5.75 Å². The third kappa shape index (κ3) is 5.64. The highest BCUT2D eigenvalue weighted by Gasteiger charge is 2.05. The van der Waals surface area contributed by atoms with E-state index in [0.29, 0.717) is 23.1 Å². The van der Waals surface area contributed by atoms with Crippen LogP contribution >= 0.6 is 0 Å². The van der Waals surface area contributed by atoms with Gasteiger partial charge in [0.05, 0.1) is 5.71 Å². The van der Waals surface area contributed by atoms with Crippen LogP contribution in [0.25, 0.3) is 0 Å². The molecule has 0 radical (unpaired) electrons. The zero-order valence-electron chi connectivity index (χ0n) is 15.0. The van der Waals surface area contributed by atoms with Gasteiger partial charge in [0.15, 0.2) is 6.61 Å². The summed E-state index contributed by atoms with van der Waals surface area (Å²) in [7, 11) is 0. The molecule has 0 saturated heterocycles. The SMILES string of the molecule is CCC(C)c1ccc(OCC(=O)NN=C(C)c2cccc(N)c2)cc1. The van der Waals surface area contributed by atoms with Crippen molar-refractivity contribution >= 4 is 17.3 Å². The second kappa shape index (κ2) is 8.87. The first kappa shape index (κ1) is 18.5. The summed E-state index contributed by atoms with van der Waals surface area (Å²) in [5, 5.41) is 4.08. The van der Waals surface area contributed by atoms with Crippen molar-refractivity contribution in [2.24, 2.45) is 5.10 Å². The number of hydrogen-bond acceptors (Lipinski definition) is 4. The average Bonchev–Trinajstić information content (AvgIpc) is 2.64. The molecule has 1 unspecified atom stereocenters. The third-order valence-electron chi connectivity index (χ3n) is 4.08. The van der Waals surface area contributed by atoms with Crippen molar-refractivity contribution in [1.29, 1.82) is 0 Å². The van der Waals surface area contributed by atoms with Crippen LogP contribution in [0.1, 0.15) is 44.2 Å². The minimum atomic E-state index is -0.311. The number of ether oxygens (including phenoxy) is 1. The summed E-state index contributed by atoms with van der Waals surface area (Å²) in [5.74, 6) is 0.870. The summed E-state index contributed by atoms with van der Waals surface area (Å²) >= 11 is 0. The molecule has 0 heterocycles. The van der Waals surface area contributed by atoms with Crippen LogP contribution in [0.4, 0.5) is 5.69 Å². The molecule has 0 aliphatic heterocycles. The van der Waals surface area contributed by atoms with Gasteiger partial charge in [0, 0.05) is 5.69 Å². The Hall–Kier alpha value is -2.82. The van der Waals surface area contributed by atoms with Crippen LogP contribution in [-0.4, -0.2) is 18.2 Å². The smallest absolute Gasteiger partial charge is 0.277 e. The number of benzene rings is 2. The number of rotatable bonds is 7. The summed E-state index contributed by atoms with van der Waals surface area (Å²) < 4.78 is 5.49. The Balaban J connectivity index is 1.85. The van der Waals surface area contributed by atoms with E-state index >= 15 is 0 Å². The predicted molar refractivity (Wildman–Crippen MR) is 102 cm³/mol. The number of anilines is 1. The second-order valence-corrected chi connectivity index (χ2v) is 6.02. The van der Waals surface area contributed by atoms with Gasteiger partial charge in [-0.3, -0.25) is 4.79 Å². The van der Waals surface area contributed by atoms with Crippen molar-refractivity contribution in [1.82, 2.24) is 5.43 Å². The van der Waals surface area contributed by atoms with Crippen molar-refractivity contribution in [3.05, 3.63) is 59.7 Å². The monoisotopic (exact) mass is 339 g/mol. The number of nitrogens with two attached hydrogens (primary N) is 1. The number of amides is 1. The zero-order chi connectivity index (χ0) is 18.2. The molecular weight excluding hydrogens is 314 g/mol. The quantitative estimate of drug-likeness (QED) is 0.459. The van der Waals surface area contributed by atoms with Gasteiger partial charge in [-0.05, 0) is 54.7 Å². The van der Waals surface area contributed by atoms with Gasteiger partial charge in [-0.1, -0.05) is 38.1 Å². The van der Waals surface area contributed by atoms with E-state index in [9.17, 15) is 4.79 Å². The molecule has 132 valence electrons. The van der Waals surface area contributed by atoms with Crippen molar-refractivity contribution < 1.29 is 9.53 Å². The Labute approximate surface area is 148 Å². The molecule has 25 heavy (non-hydrogen) atoms. The highest BCUT2D eigenvalue weighted by atomic mass is 16.5. The van der Waals surface area contributed by atoms with Crippen LogP contribution in [0.3, 0.4) is 0 Å². The molecule has 0 bridgehead atoms. The van der Waals surface area contributed by atoms with Gasteiger partial charge in [-0.2, -0.15) is 5.10 Å². The Morgan fingerprint density at radius 1 is 1.24 bits per heavy atom.